The van der Waals surface area contributed by atoms with Gasteiger partial charge in [-0.05, 0) is 79.5 Å². The van der Waals surface area contributed by atoms with Crippen molar-refractivity contribution in [2.45, 2.75) is 70.1 Å². The summed E-state index contributed by atoms with van der Waals surface area (Å²) in [5, 5.41) is 33.9. The summed E-state index contributed by atoms with van der Waals surface area (Å²) in [5.41, 5.74) is 5.21. The van der Waals surface area contributed by atoms with Crippen molar-refractivity contribution in [1.29, 1.82) is 0 Å². The van der Waals surface area contributed by atoms with Crippen LogP contribution < -0.4 is 26.8 Å². The fraction of sp³-hybridized carbons (Fsp3) is 0.362. The standard InChI is InChI=1S/C47H56N6O7/c1-32(50-31-42(55)38-16-18-41(54)46-39(38)17-19-44(57)52-46)28-33-10-9-11-34(29-33)30-45(58)49-24-8-7-23-48-43(56)22-27-53-25-20-36(21-26-53)60-47(59)51-40-15-6-5-14-37(40)35-12-3-2-4-13-35/h2-6,9-19,29,32,36,42,50,54-55H,7-8,20-28,30-31H2,1H3,(H,48,56)(H,49,58)(H,51,59)(H,52,57). The number of hydrogen-bond donors (Lipinski definition) is 7. The summed E-state index contributed by atoms with van der Waals surface area (Å²) >= 11 is 0. The van der Waals surface area contributed by atoms with Crippen molar-refractivity contribution in [3.8, 4) is 16.9 Å². The van der Waals surface area contributed by atoms with Crippen molar-refractivity contribution in [3.63, 3.8) is 0 Å². The molecular formula is C47H56N6O7. The van der Waals surface area contributed by atoms with E-state index < -0.39 is 12.2 Å². The van der Waals surface area contributed by atoms with Gasteiger partial charge in [0.25, 0.3) is 0 Å². The Morgan fingerprint density at radius 2 is 1.57 bits per heavy atom. The highest BCUT2D eigenvalue weighted by molar-refractivity contribution is 5.91. The van der Waals surface area contributed by atoms with E-state index in [1.807, 2.05) is 85.8 Å². The average molecular weight is 817 g/mol. The zero-order chi connectivity index (χ0) is 42.3. The Balaban J connectivity index is 0.800. The molecule has 7 N–H and O–H groups in total. The van der Waals surface area contributed by atoms with Crippen molar-refractivity contribution >= 4 is 34.5 Å². The van der Waals surface area contributed by atoms with Crippen LogP contribution in [0, 0.1) is 0 Å². The van der Waals surface area contributed by atoms with Gasteiger partial charge in [-0.2, -0.15) is 0 Å². The normalized spacial score (nSPS) is 14.3. The molecule has 3 amide bonds. The number of ether oxygens (including phenoxy) is 1. The number of nitrogens with one attached hydrogen (secondary N) is 5. The first-order valence-corrected chi connectivity index (χ1v) is 20.8. The lowest BCUT2D eigenvalue weighted by molar-refractivity contribution is -0.122. The van der Waals surface area contributed by atoms with Gasteiger partial charge in [0.2, 0.25) is 17.4 Å². The van der Waals surface area contributed by atoms with Gasteiger partial charge in [0.05, 0.1) is 23.7 Å². The van der Waals surface area contributed by atoms with Gasteiger partial charge in [-0.1, -0.05) is 78.9 Å². The van der Waals surface area contributed by atoms with Crippen LogP contribution in [0.25, 0.3) is 22.0 Å². The van der Waals surface area contributed by atoms with Crippen molar-refractivity contribution in [2.24, 2.45) is 0 Å². The molecule has 0 radical (unpaired) electrons. The number of hydrogen-bond acceptors (Lipinski definition) is 9. The summed E-state index contributed by atoms with van der Waals surface area (Å²) < 4.78 is 5.74. The van der Waals surface area contributed by atoms with E-state index >= 15 is 0 Å². The Morgan fingerprint density at radius 3 is 2.35 bits per heavy atom. The zero-order valence-electron chi connectivity index (χ0n) is 34.1. The highest BCUT2D eigenvalue weighted by Gasteiger charge is 2.23. The number of pyridine rings is 1. The molecule has 1 aromatic heterocycles. The monoisotopic (exact) mass is 816 g/mol. The third-order valence-electron chi connectivity index (χ3n) is 10.8. The summed E-state index contributed by atoms with van der Waals surface area (Å²) in [6, 6.07) is 31.6. The molecular weight excluding hydrogens is 761 g/mol. The minimum atomic E-state index is -0.853. The number of amides is 3. The van der Waals surface area contributed by atoms with E-state index in [-0.39, 0.29) is 48.2 Å². The van der Waals surface area contributed by atoms with E-state index in [1.54, 1.807) is 12.1 Å². The Hall–Kier alpha value is -6.02. The average Bonchev–Trinajstić information content (AvgIpc) is 3.24. The van der Waals surface area contributed by atoms with Crippen LogP contribution in [-0.2, 0) is 27.2 Å². The molecule has 5 aromatic rings. The molecule has 0 bridgehead atoms. The number of fused-ring (bicyclic) bond motifs is 1. The number of rotatable bonds is 19. The van der Waals surface area contributed by atoms with Gasteiger partial charge in [-0.15, -0.1) is 0 Å². The van der Waals surface area contributed by atoms with Crippen LogP contribution in [0.1, 0.15) is 61.8 Å². The predicted molar refractivity (Wildman–Crippen MR) is 234 cm³/mol. The fourth-order valence-corrected chi connectivity index (χ4v) is 7.57. The SMILES string of the molecule is CC(Cc1cccc(CC(=O)NCCCCNC(=O)CCN2CCC(OC(=O)Nc3ccccc3-c3ccccc3)CC2)c1)NCC(O)c1ccc(O)c2[nH]c(=O)ccc12. The minimum absolute atomic E-state index is 0.000889. The van der Waals surface area contributed by atoms with Gasteiger partial charge >= 0.3 is 6.09 Å². The first-order chi connectivity index (χ1) is 29.1. The molecule has 2 unspecified atom stereocenters. The molecule has 13 heteroatoms. The van der Waals surface area contributed by atoms with Crippen LogP contribution >= 0.6 is 0 Å². The molecule has 1 fully saturated rings. The van der Waals surface area contributed by atoms with Gasteiger partial charge in [0.1, 0.15) is 11.9 Å². The zero-order valence-corrected chi connectivity index (χ0v) is 34.1. The third-order valence-corrected chi connectivity index (χ3v) is 10.8. The van der Waals surface area contributed by atoms with E-state index in [1.165, 1.54) is 12.1 Å². The molecule has 13 nitrogen and oxygen atoms in total. The number of aliphatic hydroxyl groups is 1. The molecule has 0 aliphatic carbocycles. The van der Waals surface area contributed by atoms with Gasteiger partial charge in [0.15, 0.2) is 0 Å². The lowest BCUT2D eigenvalue weighted by Gasteiger charge is -2.31. The first-order valence-electron chi connectivity index (χ1n) is 20.8. The van der Waals surface area contributed by atoms with Gasteiger partial charge < -0.3 is 40.8 Å². The number of unbranched alkanes of at least 4 members (excludes halogenated alkanes) is 1. The number of para-hydroxylation sites is 1. The van der Waals surface area contributed by atoms with Crippen LogP contribution in [0.4, 0.5) is 10.5 Å². The van der Waals surface area contributed by atoms with Crippen LogP contribution in [0.2, 0.25) is 0 Å². The maximum absolute atomic E-state index is 12.7. The minimum Gasteiger partial charge on any atom is -0.506 e. The Labute approximate surface area is 350 Å². The lowest BCUT2D eigenvalue weighted by atomic mass is 10.0. The molecule has 60 heavy (non-hydrogen) atoms. The number of aromatic hydroxyl groups is 1. The number of aromatic nitrogens is 1. The molecule has 0 saturated carbocycles. The van der Waals surface area contributed by atoms with Crippen LogP contribution in [0.3, 0.4) is 0 Å². The van der Waals surface area contributed by atoms with E-state index in [9.17, 15) is 29.4 Å². The second-order valence-electron chi connectivity index (χ2n) is 15.5. The highest BCUT2D eigenvalue weighted by atomic mass is 16.6. The number of phenolic OH excluding ortho intramolecular Hbond substituents is 1. The van der Waals surface area contributed by atoms with Gasteiger partial charge in [0, 0.05) is 68.7 Å². The second kappa shape index (κ2) is 21.8. The largest absolute Gasteiger partial charge is 0.506 e. The smallest absolute Gasteiger partial charge is 0.411 e. The molecule has 6 rings (SSSR count). The van der Waals surface area contributed by atoms with Crippen molar-refractivity contribution < 1.29 is 29.3 Å². The van der Waals surface area contributed by atoms with Crippen molar-refractivity contribution in [1.82, 2.24) is 25.8 Å². The molecule has 1 aliphatic heterocycles. The molecule has 1 aliphatic rings. The third kappa shape index (κ3) is 13.0. The number of piperidine rings is 1. The van der Waals surface area contributed by atoms with Crippen LogP contribution in [-0.4, -0.2) is 89.4 Å². The van der Waals surface area contributed by atoms with Crippen molar-refractivity contribution in [3.05, 3.63) is 130 Å². The summed E-state index contributed by atoms with van der Waals surface area (Å²) in [4.78, 5) is 54.5. The highest BCUT2D eigenvalue weighted by Crippen LogP contribution is 2.29. The fourth-order valence-electron chi connectivity index (χ4n) is 7.57. The van der Waals surface area contributed by atoms with E-state index in [0.717, 1.165) is 48.2 Å². The van der Waals surface area contributed by atoms with E-state index in [4.69, 9.17) is 4.74 Å². The lowest BCUT2D eigenvalue weighted by Crippen LogP contribution is -2.40. The quantitative estimate of drug-likeness (QED) is 0.0506. The molecule has 2 heterocycles. The molecule has 4 aromatic carbocycles. The number of aromatic amines is 1. The summed E-state index contributed by atoms with van der Waals surface area (Å²) in [7, 11) is 0. The number of carbonyl (C=O) groups excluding carboxylic acids is 3. The van der Waals surface area contributed by atoms with Crippen molar-refractivity contribution in [2.75, 3.05) is 44.6 Å². The Kier molecular flexibility index (Phi) is 15.8. The molecule has 2 atom stereocenters. The summed E-state index contributed by atoms with van der Waals surface area (Å²) in [5.74, 6) is -0.111. The number of anilines is 1. The Morgan fingerprint density at radius 1 is 0.850 bits per heavy atom. The molecule has 316 valence electrons. The Bertz CT molecular complexity index is 2260. The topological polar surface area (TPSA) is 185 Å². The van der Waals surface area contributed by atoms with Gasteiger partial charge in [-0.25, -0.2) is 4.79 Å². The molecule has 0 spiro atoms. The number of aliphatic hydroxyl groups excluding tert-OH is 1. The molecule has 1 saturated heterocycles. The van der Waals surface area contributed by atoms with E-state index in [2.05, 4.69) is 31.2 Å². The number of nitrogens with zero attached hydrogens (tertiary/aromatic N) is 1. The van der Waals surface area contributed by atoms with E-state index in [0.29, 0.717) is 67.5 Å². The predicted octanol–water partition coefficient (Wildman–Crippen LogP) is 5.81. The maximum Gasteiger partial charge on any atom is 0.411 e. The van der Waals surface area contributed by atoms with Gasteiger partial charge in [-0.3, -0.25) is 19.7 Å². The number of H-pyrrole nitrogens is 1. The van der Waals surface area contributed by atoms with Crippen LogP contribution in [0.5, 0.6) is 5.75 Å². The number of phenols is 1. The number of benzene rings is 4. The van der Waals surface area contributed by atoms with Crippen LogP contribution in [0.15, 0.2) is 108 Å². The first kappa shape index (κ1) is 43.6. The summed E-state index contributed by atoms with van der Waals surface area (Å²) in [6.07, 6.45) is 2.79. The maximum atomic E-state index is 12.7. The second-order valence-corrected chi connectivity index (χ2v) is 15.5. The number of carbonyl (C=O) groups is 3. The number of likely N-dealkylation sites (tertiary alicyclic amines) is 1. The summed E-state index contributed by atoms with van der Waals surface area (Å²) in [6.45, 7) is 5.53.